The van der Waals surface area contributed by atoms with Gasteiger partial charge in [-0.15, -0.1) is 0 Å². The van der Waals surface area contributed by atoms with Gasteiger partial charge in [-0.2, -0.15) is 0 Å². The minimum absolute atomic E-state index is 0.0287. The Morgan fingerprint density at radius 2 is 1.10 bits per heavy atom. The number of hydrogen-bond donors (Lipinski definition) is 3. The lowest BCUT2D eigenvalue weighted by Crippen LogP contribution is -2.22. The van der Waals surface area contributed by atoms with Crippen LogP contribution in [0.1, 0.15) is 85.8 Å². The van der Waals surface area contributed by atoms with E-state index in [4.69, 9.17) is 28.4 Å². The second-order valence-electron chi connectivity index (χ2n) is 14.8. The van der Waals surface area contributed by atoms with Crippen LogP contribution in [0.25, 0.3) is 0 Å². The maximum atomic E-state index is 13.7. The van der Waals surface area contributed by atoms with Crippen molar-refractivity contribution in [2.24, 2.45) is 0 Å². The first-order chi connectivity index (χ1) is 28.7. The molecule has 2 aliphatic heterocycles. The van der Waals surface area contributed by atoms with Crippen LogP contribution in [0.5, 0.6) is 51.7 Å². The molecule has 59 heavy (non-hydrogen) atoms. The number of hydrogen-bond acceptors (Lipinski definition) is 10. The molecule has 2 heterocycles. The summed E-state index contributed by atoms with van der Waals surface area (Å²) in [4.78, 5) is 13.7. The minimum Gasteiger partial charge on any atom is -0.507 e. The fraction of sp³-hybridized carbons (Fsp3) is 0.245. The summed E-state index contributed by atoms with van der Waals surface area (Å²) in [5.74, 6) is 0.0255. The number of aromatic hydroxyl groups is 3. The quantitative estimate of drug-likeness (QED) is 0.0860. The van der Waals surface area contributed by atoms with E-state index >= 15 is 0 Å². The largest absolute Gasteiger partial charge is 0.507 e. The SMILES string of the molecule is COc1cc(O)c(C(Cc2c(OC(=O)c3ccccc3)cc(O)c(C)c2OC)c2c(O)cc(OC)c3c2O[C@H](c2ccccc2)CC3)c2c1CC[C@@H](c1ccccc1)O2. The average molecular weight is 795 g/mol. The van der Waals surface area contributed by atoms with E-state index in [1.165, 1.54) is 13.2 Å². The van der Waals surface area contributed by atoms with Crippen LogP contribution in [0, 0.1) is 6.92 Å². The third-order valence-corrected chi connectivity index (χ3v) is 11.4. The Morgan fingerprint density at radius 1 is 0.644 bits per heavy atom. The van der Waals surface area contributed by atoms with E-state index in [2.05, 4.69) is 0 Å². The Balaban J connectivity index is 1.39. The Labute approximate surface area is 343 Å². The first-order valence-corrected chi connectivity index (χ1v) is 19.7. The van der Waals surface area contributed by atoms with E-state index in [0.29, 0.717) is 76.5 Å². The monoisotopic (exact) mass is 794 g/mol. The summed E-state index contributed by atoms with van der Waals surface area (Å²) in [6, 6.07) is 32.8. The highest BCUT2D eigenvalue weighted by atomic mass is 16.5. The van der Waals surface area contributed by atoms with Gasteiger partial charge in [-0.05, 0) is 62.3 Å². The first kappa shape index (κ1) is 39.0. The zero-order valence-corrected chi connectivity index (χ0v) is 33.4. The fourth-order valence-corrected chi connectivity index (χ4v) is 8.52. The van der Waals surface area contributed by atoms with E-state index in [0.717, 1.165) is 22.3 Å². The minimum atomic E-state index is -0.939. The van der Waals surface area contributed by atoms with Gasteiger partial charge in [-0.3, -0.25) is 0 Å². The predicted octanol–water partition coefficient (Wildman–Crippen LogP) is 9.86. The lowest BCUT2D eigenvalue weighted by atomic mass is 9.79. The summed E-state index contributed by atoms with van der Waals surface area (Å²) in [6.45, 7) is 1.70. The molecule has 8 rings (SSSR count). The number of esters is 1. The molecule has 0 bridgehead atoms. The van der Waals surface area contributed by atoms with Gasteiger partial charge in [0, 0.05) is 57.5 Å². The van der Waals surface area contributed by atoms with Crippen LogP contribution in [0.2, 0.25) is 0 Å². The van der Waals surface area contributed by atoms with Gasteiger partial charge in [-0.1, -0.05) is 78.9 Å². The fourth-order valence-electron chi connectivity index (χ4n) is 8.52. The van der Waals surface area contributed by atoms with Gasteiger partial charge in [0.1, 0.15) is 64.0 Å². The van der Waals surface area contributed by atoms with Gasteiger partial charge in [0.05, 0.1) is 26.9 Å². The Bertz CT molecular complexity index is 2370. The highest BCUT2D eigenvalue weighted by Gasteiger charge is 2.39. The summed E-state index contributed by atoms with van der Waals surface area (Å²) in [7, 11) is 4.58. The molecule has 0 unspecified atom stereocenters. The van der Waals surface area contributed by atoms with Crippen molar-refractivity contribution in [3.63, 3.8) is 0 Å². The van der Waals surface area contributed by atoms with Gasteiger partial charge < -0.3 is 43.7 Å². The van der Waals surface area contributed by atoms with E-state index in [1.54, 1.807) is 63.6 Å². The van der Waals surface area contributed by atoms with Crippen molar-refractivity contribution in [2.45, 2.75) is 57.2 Å². The normalized spacial score (nSPS) is 15.6. The lowest BCUT2D eigenvalue weighted by molar-refractivity contribution is 0.0732. The molecule has 302 valence electrons. The number of benzene rings is 6. The zero-order chi connectivity index (χ0) is 41.2. The summed E-state index contributed by atoms with van der Waals surface area (Å²) in [5, 5.41) is 35.8. The van der Waals surface area contributed by atoms with Crippen molar-refractivity contribution < 1.29 is 48.5 Å². The van der Waals surface area contributed by atoms with Crippen molar-refractivity contribution in [3.8, 4) is 51.7 Å². The number of carbonyl (C=O) groups is 1. The number of methoxy groups -OCH3 is 3. The Hall–Kier alpha value is -6.81. The topological polar surface area (TPSA) is 133 Å². The van der Waals surface area contributed by atoms with Crippen molar-refractivity contribution >= 4 is 5.97 Å². The second kappa shape index (κ2) is 16.6. The van der Waals surface area contributed by atoms with Crippen LogP contribution in [-0.4, -0.2) is 42.6 Å². The number of fused-ring (bicyclic) bond motifs is 2. The van der Waals surface area contributed by atoms with Crippen LogP contribution in [0.3, 0.4) is 0 Å². The van der Waals surface area contributed by atoms with Crippen LogP contribution < -0.4 is 28.4 Å². The molecule has 3 N–H and O–H groups in total. The van der Waals surface area contributed by atoms with Crippen LogP contribution in [0.15, 0.2) is 109 Å². The van der Waals surface area contributed by atoms with Crippen LogP contribution in [-0.2, 0) is 19.3 Å². The molecule has 0 fully saturated rings. The second-order valence-corrected chi connectivity index (χ2v) is 14.8. The van der Waals surface area contributed by atoms with E-state index in [-0.39, 0.29) is 47.4 Å². The summed E-state index contributed by atoms with van der Waals surface area (Å²) >= 11 is 0. The number of phenolic OH excluding ortho intramolecular Hbond substituents is 3. The molecular formula is C49H46O10. The third-order valence-electron chi connectivity index (χ3n) is 11.4. The maximum absolute atomic E-state index is 13.7. The zero-order valence-electron chi connectivity index (χ0n) is 33.4. The average Bonchev–Trinajstić information content (AvgIpc) is 3.27. The number of carbonyl (C=O) groups excluding carboxylic acids is 1. The van der Waals surface area contributed by atoms with E-state index in [1.807, 2.05) is 60.7 Å². The number of rotatable bonds is 11. The standard InChI is InChI=1S/C49H46O10/c1-28-36(50)25-43(59-49(53)31-18-12-7-13-19-31)34(46(28)56-4)24-35(44-37(51)26-41(54-2)32-20-22-39(57-47(32)44)29-14-8-5-9-15-29)45-38(52)27-42(55-3)33-21-23-40(58-48(33)45)30-16-10-6-11-17-30/h5-19,25-27,35,39-40,50-52H,20-24H2,1-4H3/t39-,40-/m0/s1. The Morgan fingerprint density at radius 3 is 1.56 bits per heavy atom. The molecule has 0 radical (unpaired) electrons. The molecule has 6 aromatic carbocycles. The van der Waals surface area contributed by atoms with Gasteiger partial charge in [0.25, 0.3) is 0 Å². The van der Waals surface area contributed by atoms with Crippen LogP contribution in [0.4, 0.5) is 0 Å². The molecule has 0 aromatic heterocycles. The molecule has 10 heteroatoms. The molecule has 6 aromatic rings. The molecule has 10 nitrogen and oxygen atoms in total. The van der Waals surface area contributed by atoms with Crippen molar-refractivity contribution in [2.75, 3.05) is 21.3 Å². The third kappa shape index (κ3) is 7.42. The molecule has 0 aliphatic carbocycles. The van der Waals surface area contributed by atoms with Gasteiger partial charge in [0.2, 0.25) is 0 Å². The molecular weight excluding hydrogens is 749 g/mol. The van der Waals surface area contributed by atoms with Gasteiger partial charge in [-0.25, -0.2) is 4.79 Å². The summed E-state index contributed by atoms with van der Waals surface area (Å²) in [6.07, 6.45) is 1.69. The molecule has 2 aliphatic rings. The Kier molecular flexibility index (Phi) is 11.0. The molecule has 2 atom stereocenters. The lowest BCUT2D eigenvalue weighted by Gasteiger charge is -2.35. The van der Waals surface area contributed by atoms with E-state index < -0.39 is 11.9 Å². The predicted molar refractivity (Wildman–Crippen MR) is 222 cm³/mol. The smallest absolute Gasteiger partial charge is 0.343 e. The van der Waals surface area contributed by atoms with E-state index in [9.17, 15) is 20.1 Å². The van der Waals surface area contributed by atoms with Crippen LogP contribution >= 0.6 is 0 Å². The molecule has 0 saturated heterocycles. The maximum Gasteiger partial charge on any atom is 0.343 e. The highest BCUT2D eigenvalue weighted by molar-refractivity contribution is 5.91. The van der Waals surface area contributed by atoms with Gasteiger partial charge >= 0.3 is 5.97 Å². The summed E-state index contributed by atoms with van der Waals surface area (Å²) in [5.41, 5.74) is 5.28. The van der Waals surface area contributed by atoms with Crippen molar-refractivity contribution in [1.29, 1.82) is 0 Å². The van der Waals surface area contributed by atoms with Crippen molar-refractivity contribution in [1.82, 2.24) is 0 Å². The molecule has 0 spiro atoms. The number of ether oxygens (including phenoxy) is 6. The van der Waals surface area contributed by atoms with Crippen molar-refractivity contribution in [3.05, 3.63) is 159 Å². The molecule has 0 amide bonds. The first-order valence-electron chi connectivity index (χ1n) is 19.7. The number of phenols is 3. The van der Waals surface area contributed by atoms with Gasteiger partial charge in [0.15, 0.2) is 0 Å². The molecule has 0 saturated carbocycles. The highest BCUT2D eigenvalue weighted by Crippen LogP contribution is 2.57. The summed E-state index contributed by atoms with van der Waals surface area (Å²) < 4.78 is 37.6.